The minimum absolute atomic E-state index is 0.0290. The second-order valence-corrected chi connectivity index (χ2v) is 11.8. The first-order chi connectivity index (χ1) is 18.0. The van der Waals surface area contributed by atoms with Crippen LogP contribution in [-0.4, -0.2) is 54.9 Å². The molecule has 3 aromatic carbocycles. The van der Waals surface area contributed by atoms with Crippen molar-refractivity contribution >= 4 is 56.6 Å². The number of carbonyl (C=O) groups is 4. The first-order valence-electron chi connectivity index (χ1n) is 11.4. The van der Waals surface area contributed by atoms with Gasteiger partial charge in [-0.3, -0.25) is 19.3 Å². The third-order valence-corrected chi connectivity index (χ3v) is 7.64. The minimum Gasteiger partial charge on any atom is -0.447 e. The summed E-state index contributed by atoms with van der Waals surface area (Å²) in [5.41, 5.74) is 0.465. The molecule has 0 unspecified atom stereocenters. The van der Waals surface area contributed by atoms with Gasteiger partial charge in [-0.05, 0) is 18.6 Å². The number of esters is 1. The molecule has 11 heteroatoms. The number of carbonyl (C=O) groups excluding carboxylic acids is 4. The first-order valence-corrected chi connectivity index (χ1v) is 14.2. The fraction of sp³-hybridized carbons (Fsp3) is 0.185. The van der Waals surface area contributed by atoms with Crippen LogP contribution in [0, 0.1) is 0 Å². The van der Waals surface area contributed by atoms with Crippen LogP contribution >= 0.6 is 23.2 Å². The number of ketones is 1. The number of nitrogens with zero attached hydrogens (tertiary/aromatic N) is 1. The molecule has 0 bridgehead atoms. The van der Waals surface area contributed by atoms with Crippen LogP contribution in [-0.2, 0) is 19.4 Å². The maximum Gasteiger partial charge on any atom is 0.330 e. The van der Waals surface area contributed by atoms with E-state index < -0.39 is 57.7 Å². The maximum atomic E-state index is 13.6. The highest BCUT2D eigenvalue weighted by Gasteiger charge is 2.45. The van der Waals surface area contributed by atoms with Crippen LogP contribution in [0.5, 0.6) is 0 Å². The summed E-state index contributed by atoms with van der Waals surface area (Å²) < 4.78 is 29.6. The number of benzene rings is 3. The predicted molar refractivity (Wildman–Crippen MR) is 141 cm³/mol. The molecule has 4 rings (SSSR count). The fourth-order valence-corrected chi connectivity index (χ4v) is 5.04. The van der Waals surface area contributed by atoms with Crippen molar-refractivity contribution < 1.29 is 32.3 Å². The Labute approximate surface area is 229 Å². The van der Waals surface area contributed by atoms with Gasteiger partial charge in [-0.15, -0.1) is 0 Å². The number of fused-ring (bicyclic) bond motifs is 1. The Bertz CT molecular complexity index is 1480. The van der Waals surface area contributed by atoms with Crippen molar-refractivity contribution in [2.45, 2.75) is 18.6 Å². The Kier molecular flexibility index (Phi) is 8.01. The van der Waals surface area contributed by atoms with Crippen molar-refractivity contribution in [3.8, 4) is 0 Å². The highest BCUT2D eigenvalue weighted by atomic mass is 35.5. The zero-order valence-corrected chi connectivity index (χ0v) is 22.3. The number of rotatable bonds is 9. The van der Waals surface area contributed by atoms with Crippen molar-refractivity contribution in [3.63, 3.8) is 0 Å². The molecule has 0 aliphatic carbocycles. The summed E-state index contributed by atoms with van der Waals surface area (Å²) in [6, 6.07) is 17.2. The minimum atomic E-state index is -3.60. The standard InChI is InChI=1S/C27H21Cl2NO7S/c1-38(35,36)13-12-22(30-25(32)18-14-20(28)21(29)15-19(18)26(30)33)27(34)37-24(17-10-6-3-7-11-17)23(31)16-8-4-2-5-9-16/h2-11,14-15,22,24H,12-13H2,1H3/t22-,24-/m1/s1. The molecule has 196 valence electrons. The zero-order chi connectivity index (χ0) is 27.6. The van der Waals surface area contributed by atoms with Crippen molar-refractivity contribution in [3.05, 3.63) is 105 Å². The number of sulfone groups is 1. The summed E-state index contributed by atoms with van der Waals surface area (Å²) in [5.74, 6) is -3.88. The van der Waals surface area contributed by atoms with E-state index in [4.69, 9.17) is 27.9 Å². The maximum absolute atomic E-state index is 13.6. The molecular formula is C27H21Cl2NO7S. The van der Waals surface area contributed by atoms with E-state index in [2.05, 4.69) is 0 Å². The second kappa shape index (κ2) is 11.1. The molecule has 0 fully saturated rings. The van der Waals surface area contributed by atoms with E-state index in [1.807, 2.05) is 0 Å². The lowest BCUT2D eigenvalue weighted by Gasteiger charge is -2.27. The molecule has 0 spiro atoms. The van der Waals surface area contributed by atoms with E-state index >= 15 is 0 Å². The van der Waals surface area contributed by atoms with Crippen molar-refractivity contribution in [2.24, 2.45) is 0 Å². The van der Waals surface area contributed by atoms with Crippen LogP contribution in [0.1, 0.15) is 49.2 Å². The molecule has 0 N–H and O–H groups in total. The lowest BCUT2D eigenvalue weighted by Crippen LogP contribution is -2.47. The van der Waals surface area contributed by atoms with Crippen LogP contribution in [0.25, 0.3) is 0 Å². The van der Waals surface area contributed by atoms with Gasteiger partial charge in [0.2, 0.25) is 5.78 Å². The van der Waals surface area contributed by atoms with Crippen LogP contribution < -0.4 is 0 Å². The number of hydrogen-bond acceptors (Lipinski definition) is 7. The van der Waals surface area contributed by atoms with Crippen molar-refractivity contribution in [1.82, 2.24) is 4.90 Å². The number of amides is 2. The molecule has 0 saturated carbocycles. The Morgan fingerprint density at radius 2 is 1.37 bits per heavy atom. The summed E-state index contributed by atoms with van der Waals surface area (Å²) in [5, 5.41) is 0.0579. The molecule has 0 radical (unpaired) electrons. The number of ether oxygens (including phenoxy) is 1. The lowest BCUT2D eigenvalue weighted by molar-refractivity contribution is -0.152. The van der Waals surface area contributed by atoms with E-state index in [9.17, 15) is 27.6 Å². The van der Waals surface area contributed by atoms with Gasteiger partial charge in [-0.25, -0.2) is 13.2 Å². The van der Waals surface area contributed by atoms with E-state index in [1.165, 1.54) is 12.1 Å². The monoisotopic (exact) mass is 573 g/mol. The second-order valence-electron chi connectivity index (χ2n) is 8.68. The lowest BCUT2D eigenvalue weighted by atomic mass is 9.99. The Hall–Kier alpha value is -3.53. The van der Waals surface area contributed by atoms with Crippen molar-refractivity contribution in [1.29, 1.82) is 0 Å². The number of hydrogen-bond donors (Lipinski definition) is 0. The SMILES string of the molecule is CS(=O)(=O)CC[C@H](C(=O)O[C@@H](C(=O)c1ccccc1)c1ccccc1)N1C(=O)c2cc(Cl)c(Cl)cc2C1=O. The molecule has 1 aliphatic heterocycles. The third kappa shape index (κ3) is 5.80. The summed E-state index contributed by atoms with van der Waals surface area (Å²) in [6.07, 6.45) is -0.889. The van der Waals surface area contributed by atoms with Gasteiger partial charge in [0.25, 0.3) is 11.8 Å². The van der Waals surface area contributed by atoms with Crippen LogP contribution in [0.2, 0.25) is 10.0 Å². The van der Waals surface area contributed by atoms with Gasteiger partial charge in [0.15, 0.2) is 6.10 Å². The van der Waals surface area contributed by atoms with Gasteiger partial charge in [0.05, 0.1) is 26.9 Å². The van der Waals surface area contributed by atoms with Crippen molar-refractivity contribution in [2.75, 3.05) is 12.0 Å². The first kappa shape index (κ1) is 27.5. The molecule has 1 aliphatic rings. The molecule has 8 nitrogen and oxygen atoms in total. The summed E-state index contributed by atoms with van der Waals surface area (Å²) >= 11 is 12.0. The molecule has 0 aromatic heterocycles. The van der Waals surface area contributed by atoms with E-state index in [1.54, 1.807) is 60.7 Å². The molecule has 2 amide bonds. The van der Waals surface area contributed by atoms with Gasteiger partial charge in [-0.1, -0.05) is 83.9 Å². The average molecular weight is 574 g/mol. The normalized spacial score (nSPS) is 14.7. The molecule has 3 aromatic rings. The van der Waals surface area contributed by atoms with Gasteiger partial charge in [-0.2, -0.15) is 0 Å². The van der Waals surface area contributed by atoms with Gasteiger partial charge in [0.1, 0.15) is 15.9 Å². The van der Waals surface area contributed by atoms with Crippen LogP contribution in [0.4, 0.5) is 0 Å². The Balaban J connectivity index is 1.72. The van der Waals surface area contributed by atoms with Crippen LogP contribution in [0.3, 0.4) is 0 Å². The topological polar surface area (TPSA) is 115 Å². The molecule has 0 saturated heterocycles. The quantitative estimate of drug-likeness (QED) is 0.209. The van der Waals surface area contributed by atoms with Gasteiger partial charge >= 0.3 is 5.97 Å². The highest BCUT2D eigenvalue weighted by molar-refractivity contribution is 7.90. The van der Waals surface area contributed by atoms with E-state index in [-0.39, 0.29) is 26.7 Å². The van der Waals surface area contributed by atoms with E-state index in [0.29, 0.717) is 10.5 Å². The van der Waals surface area contributed by atoms with Gasteiger partial charge < -0.3 is 4.74 Å². The fourth-order valence-electron chi connectivity index (χ4n) is 4.06. The predicted octanol–water partition coefficient (Wildman–Crippen LogP) is 4.56. The molecule has 1 heterocycles. The largest absolute Gasteiger partial charge is 0.447 e. The Morgan fingerprint density at radius 1 is 0.868 bits per heavy atom. The van der Waals surface area contributed by atoms with Gasteiger partial charge in [0, 0.05) is 17.4 Å². The highest BCUT2D eigenvalue weighted by Crippen LogP contribution is 2.34. The third-order valence-electron chi connectivity index (χ3n) is 5.94. The molecule has 2 atom stereocenters. The Morgan fingerprint density at radius 3 is 1.87 bits per heavy atom. The van der Waals surface area contributed by atoms with E-state index in [0.717, 1.165) is 6.26 Å². The molecule has 38 heavy (non-hydrogen) atoms. The average Bonchev–Trinajstić information content (AvgIpc) is 3.12. The zero-order valence-electron chi connectivity index (χ0n) is 20.0. The number of halogens is 2. The summed E-state index contributed by atoms with van der Waals surface area (Å²) in [6.45, 7) is 0. The van der Waals surface area contributed by atoms with Crippen LogP contribution in [0.15, 0.2) is 72.8 Å². The number of imide groups is 1. The smallest absolute Gasteiger partial charge is 0.330 e. The molecular weight excluding hydrogens is 553 g/mol. The summed E-state index contributed by atoms with van der Waals surface area (Å²) in [4.78, 5) is 54.1. The number of Topliss-reactive ketones (excluding diaryl/α,β-unsaturated/α-hetero) is 1. The summed E-state index contributed by atoms with van der Waals surface area (Å²) in [7, 11) is -3.60.